The highest BCUT2D eigenvalue weighted by Crippen LogP contribution is 2.05. The van der Waals surface area contributed by atoms with E-state index in [9.17, 15) is 0 Å². The molecule has 16 heavy (non-hydrogen) atoms. The third kappa shape index (κ3) is 4.14. The fraction of sp³-hybridized carbons (Fsp3) is 0.667. The van der Waals surface area contributed by atoms with Crippen LogP contribution in [-0.2, 0) is 0 Å². The Hall–Kier alpha value is -1.16. The zero-order valence-electron chi connectivity index (χ0n) is 10.7. The highest BCUT2D eigenvalue weighted by Gasteiger charge is 2.06. The van der Waals surface area contributed by atoms with Gasteiger partial charge < -0.3 is 10.2 Å². The number of hydrogen-bond acceptors (Lipinski definition) is 4. The van der Waals surface area contributed by atoms with Gasteiger partial charge in [0, 0.05) is 37.6 Å². The smallest absolute Gasteiger partial charge is 0.225 e. The topological polar surface area (TPSA) is 41.0 Å². The van der Waals surface area contributed by atoms with Gasteiger partial charge in [-0.15, -0.1) is 0 Å². The van der Waals surface area contributed by atoms with Crippen molar-refractivity contribution in [1.82, 2.24) is 15.3 Å². The first kappa shape index (κ1) is 12.9. The molecule has 0 aliphatic carbocycles. The lowest BCUT2D eigenvalue weighted by Gasteiger charge is -2.21. The van der Waals surface area contributed by atoms with Gasteiger partial charge in [-0.25, -0.2) is 9.97 Å². The lowest BCUT2D eigenvalue weighted by Crippen LogP contribution is -2.35. The molecule has 0 amide bonds. The lowest BCUT2D eigenvalue weighted by atomic mass is 10.4. The summed E-state index contributed by atoms with van der Waals surface area (Å²) in [7, 11) is 0. The van der Waals surface area contributed by atoms with Gasteiger partial charge in [0.15, 0.2) is 0 Å². The van der Waals surface area contributed by atoms with Crippen LogP contribution in [-0.4, -0.2) is 35.6 Å². The van der Waals surface area contributed by atoms with Crippen molar-refractivity contribution in [1.29, 1.82) is 0 Å². The van der Waals surface area contributed by atoms with Gasteiger partial charge >= 0.3 is 0 Å². The summed E-state index contributed by atoms with van der Waals surface area (Å²) < 4.78 is 0. The maximum atomic E-state index is 4.43. The third-order valence-electron chi connectivity index (χ3n) is 2.38. The van der Waals surface area contributed by atoms with Crippen LogP contribution < -0.4 is 10.2 Å². The summed E-state index contributed by atoms with van der Waals surface area (Å²) in [6, 6.07) is 2.45. The van der Waals surface area contributed by atoms with Crippen molar-refractivity contribution in [2.45, 2.75) is 33.7 Å². The second-order valence-electron chi connectivity index (χ2n) is 4.19. The zero-order chi connectivity index (χ0) is 12.0. The van der Waals surface area contributed by atoms with E-state index < -0.39 is 0 Å². The molecule has 0 saturated carbocycles. The largest absolute Gasteiger partial charge is 0.340 e. The molecule has 0 saturated heterocycles. The molecule has 0 fully saturated rings. The molecule has 1 rings (SSSR count). The Morgan fingerprint density at radius 3 is 2.75 bits per heavy atom. The van der Waals surface area contributed by atoms with Crippen molar-refractivity contribution in [3.63, 3.8) is 0 Å². The maximum Gasteiger partial charge on any atom is 0.225 e. The summed E-state index contributed by atoms with van der Waals surface area (Å²) in [6.45, 7) is 11.3. The molecule has 0 aromatic carbocycles. The number of nitrogens with one attached hydrogen (secondary N) is 1. The Labute approximate surface area is 98.1 Å². The minimum absolute atomic E-state index is 0.525. The SMILES string of the molecule is CCN(CCNC(C)C)c1nccc(C)n1. The molecular formula is C12H22N4. The lowest BCUT2D eigenvalue weighted by molar-refractivity contribution is 0.580. The van der Waals surface area contributed by atoms with E-state index in [0.29, 0.717) is 6.04 Å². The van der Waals surface area contributed by atoms with Crippen LogP contribution in [0.15, 0.2) is 12.3 Å². The van der Waals surface area contributed by atoms with Crippen LogP contribution in [0.25, 0.3) is 0 Å². The van der Waals surface area contributed by atoms with Gasteiger partial charge in [0.05, 0.1) is 0 Å². The molecule has 0 aliphatic rings. The molecule has 0 atom stereocenters. The van der Waals surface area contributed by atoms with Gasteiger partial charge in [0.25, 0.3) is 0 Å². The van der Waals surface area contributed by atoms with E-state index in [1.54, 1.807) is 0 Å². The Morgan fingerprint density at radius 1 is 1.44 bits per heavy atom. The van der Waals surface area contributed by atoms with E-state index in [-0.39, 0.29) is 0 Å². The molecule has 1 N–H and O–H groups in total. The second-order valence-corrected chi connectivity index (χ2v) is 4.19. The molecule has 4 nitrogen and oxygen atoms in total. The van der Waals surface area contributed by atoms with Gasteiger partial charge in [-0.3, -0.25) is 0 Å². The van der Waals surface area contributed by atoms with Gasteiger partial charge in [-0.05, 0) is 19.9 Å². The van der Waals surface area contributed by atoms with E-state index in [0.717, 1.165) is 31.3 Å². The Bertz CT molecular complexity index is 312. The minimum atomic E-state index is 0.525. The molecule has 1 aromatic rings. The number of anilines is 1. The summed E-state index contributed by atoms with van der Waals surface area (Å²) in [5, 5.41) is 3.40. The summed E-state index contributed by atoms with van der Waals surface area (Å²) in [6.07, 6.45) is 1.82. The van der Waals surface area contributed by atoms with Crippen LogP contribution in [0.2, 0.25) is 0 Å². The molecule has 90 valence electrons. The fourth-order valence-electron chi connectivity index (χ4n) is 1.48. The quantitative estimate of drug-likeness (QED) is 0.794. The van der Waals surface area contributed by atoms with Crippen LogP contribution in [0.4, 0.5) is 5.95 Å². The van der Waals surface area contributed by atoms with Crippen LogP contribution in [0.1, 0.15) is 26.5 Å². The van der Waals surface area contributed by atoms with Crippen LogP contribution in [0.3, 0.4) is 0 Å². The van der Waals surface area contributed by atoms with Crippen LogP contribution in [0, 0.1) is 6.92 Å². The number of nitrogens with zero attached hydrogens (tertiary/aromatic N) is 3. The first-order valence-corrected chi connectivity index (χ1v) is 5.91. The molecule has 0 spiro atoms. The Morgan fingerprint density at radius 2 is 2.19 bits per heavy atom. The molecule has 4 heteroatoms. The van der Waals surface area contributed by atoms with E-state index in [1.807, 2.05) is 19.2 Å². The van der Waals surface area contributed by atoms with E-state index in [2.05, 4.69) is 41.0 Å². The summed E-state index contributed by atoms with van der Waals surface area (Å²) in [4.78, 5) is 10.9. The highest BCUT2D eigenvalue weighted by atomic mass is 15.2. The molecule has 0 unspecified atom stereocenters. The van der Waals surface area contributed by atoms with Gasteiger partial charge in [-0.2, -0.15) is 0 Å². The van der Waals surface area contributed by atoms with Gasteiger partial charge in [0.2, 0.25) is 5.95 Å². The van der Waals surface area contributed by atoms with E-state index in [1.165, 1.54) is 0 Å². The van der Waals surface area contributed by atoms with Crippen molar-refractivity contribution in [2.75, 3.05) is 24.5 Å². The van der Waals surface area contributed by atoms with Crippen molar-refractivity contribution < 1.29 is 0 Å². The van der Waals surface area contributed by atoms with Gasteiger partial charge in [-0.1, -0.05) is 13.8 Å². The molecule has 0 aliphatic heterocycles. The van der Waals surface area contributed by atoms with Gasteiger partial charge in [0.1, 0.15) is 0 Å². The van der Waals surface area contributed by atoms with Crippen LogP contribution in [0.5, 0.6) is 0 Å². The molecule has 1 heterocycles. The maximum absolute atomic E-state index is 4.43. The first-order valence-electron chi connectivity index (χ1n) is 5.91. The average molecular weight is 222 g/mol. The summed E-state index contributed by atoms with van der Waals surface area (Å²) in [5.74, 6) is 0.827. The fourth-order valence-corrected chi connectivity index (χ4v) is 1.48. The highest BCUT2D eigenvalue weighted by molar-refractivity contribution is 5.29. The standard InChI is InChI=1S/C12H22N4/c1-5-16(9-8-13-10(2)3)12-14-7-6-11(4)15-12/h6-7,10,13H,5,8-9H2,1-4H3. The summed E-state index contributed by atoms with van der Waals surface area (Å²) in [5.41, 5.74) is 1.01. The Balaban J connectivity index is 2.53. The monoisotopic (exact) mass is 222 g/mol. The van der Waals surface area contributed by atoms with Crippen molar-refractivity contribution in [2.24, 2.45) is 0 Å². The number of rotatable bonds is 6. The Kier molecular flexibility index (Phi) is 5.19. The zero-order valence-corrected chi connectivity index (χ0v) is 10.7. The normalized spacial score (nSPS) is 10.8. The molecular weight excluding hydrogens is 200 g/mol. The average Bonchev–Trinajstić information content (AvgIpc) is 2.24. The van der Waals surface area contributed by atoms with Crippen molar-refractivity contribution in [3.05, 3.63) is 18.0 Å². The third-order valence-corrected chi connectivity index (χ3v) is 2.38. The van der Waals surface area contributed by atoms with E-state index >= 15 is 0 Å². The predicted molar refractivity (Wildman–Crippen MR) is 67.8 cm³/mol. The number of aryl methyl sites for hydroxylation is 1. The predicted octanol–water partition coefficient (Wildman–Crippen LogP) is 1.61. The van der Waals surface area contributed by atoms with Crippen LogP contribution >= 0.6 is 0 Å². The van der Waals surface area contributed by atoms with Crippen molar-refractivity contribution >= 4 is 5.95 Å². The number of likely N-dealkylation sites (N-methyl/N-ethyl adjacent to an activating group) is 1. The summed E-state index contributed by atoms with van der Waals surface area (Å²) >= 11 is 0. The number of aromatic nitrogens is 2. The minimum Gasteiger partial charge on any atom is -0.340 e. The molecule has 1 aromatic heterocycles. The van der Waals surface area contributed by atoms with E-state index in [4.69, 9.17) is 0 Å². The first-order chi connectivity index (χ1) is 7.63. The number of hydrogen-bond donors (Lipinski definition) is 1. The molecule has 0 bridgehead atoms. The second kappa shape index (κ2) is 6.43. The molecule has 0 radical (unpaired) electrons. The van der Waals surface area contributed by atoms with Crippen molar-refractivity contribution in [3.8, 4) is 0 Å².